The second-order valence-corrected chi connectivity index (χ2v) is 6.08. The minimum absolute atomic E-state index is 0.0580. The maximum Gasteiger partial charge on any atom is 0.412 e. The van der Waals surface area contributed by atoms with Crippen LogP contribution in [0.1, 0.15) is 23.8 Å². The fraction of sp³-hybridized carbons (Fsp3) is 0.312. The van der Waals surface area contributed by atoms with Crippen molar-refractivity contribution in [2.24, 2.45) is 0 Å². The number of rotatable bonds is 2. The highest BCUT2D eigenvalue weighted by atomic mass is 35.5. The van der Waals surface area contributed by atoms with Crippen LogP contribution in [0.3, 0.4) is 0 Å². The number of anilines is 1. The van der Waals surface area contributed by atoms with Crippen molar-refractivity contribution in [3.05, 3.63) is 47.1 Å². The summed E-state index contributed by atoms with van der Waals surface area (Å²) in [6, 6.07) is 2.99. The average molecular weight is 376 g/mol. The van der Waals surface area contributed by atoms with E-state index in [4.69, 9.17) is 17.7 Å². The van der Waals surface area contributed by atoms with Gasteiger partial charge in [-0.1, -0.05) is 11.6 Å². The predicted octanol–water partition coefficient (Wildman–Crippen LogP) is 1.23. The Morgan fingerprint density at radius 1 is 1.27 bits per heavy atom. The Hall–Kier alpha value is -2.78. The smallest absolute Gasteiger partial charge is 0.412 e. The van der Waals surface area contributed by atoms with Crippen LogP contribution in [0.4, 0.5) is 10.6 Å². The van der Waals surface area contributed by atoms with Gasteiger partial charge >= 0.3 is 6.09 Å². The number of nitrogens with zero attached hydrogens (tertiary/aromatic N) is 5. The van der Waals surface area contributed by atoms with Gasteiger partial charge in [-0.15, -0.1) is 0 Å². The molecule has 9 nitrogen and oxygen atoms in total. The van der Waals surface area contributed by atoms with Gasteiger partial charge in [-0.2, -0.15) is 0 Å². The molecule has 2 amide bonds. The maximum atomic E-state index is 12.9. The van der Waals surface area contributed by atoms with Crippen LogP contribution in [-0.4, -0.2) is 58.0 Å². The third-order valence-electron chi connectivity index (χ3n) is 4.01. The summed E-state index contributed by atoms with van der Waals surface area (Å²) in [4.78, 5) is 40.1. The van der Waals surface area contributed by atoms with Crippen LogP contribution < -0.4 is 10.2 Å². The van der Waals surface area contributed by atoms with E-state index in [9.17, 15) is 9.59 Å². The molecule has 1 N–H and O–H groups in total. The summed E-state index contributed by atoms with van der Waals surface area (Å²) in [6.45, 7) is 2.13. The zero-order valence-corrected chi connectivity index (χ0v) is 14.3. The third kappa shape index (κ3) is 2.95. The van der Waals surface area contributed by atoms with Crippen molar-refractivity contribution in [3.63, 3.8) is 0 Å². The first-order valence-corrected chi connectivity index (χ1v) is 8.35. The molecule has 2 aromatic rings. The van der Waals surface area contributed by atoms with Crippen LogP contribution in [0.5, 0.6) is 0 Å². The van der Waals surface area contributed by atoms with E-state index < -0.39 is 18.2 Å². The van der Waals surface area contributed by atoms with Crippen LogP contribution in [0.25, 0.3) is 0 Å². The molecule has 1 saturated heterocycles. The minimum Gasteiger partial charge on any atom is -0.419 e. The number of aromatic nitrogens is 3. The Morgan fingerprint density at radius 3 is 2.77 bits per heavy atom. The lowest BCUT2D eigenvalue weighted by atomic mass is 10.3. The minimum atomic E-state index is -2.22. The zero-order valence-electron chi connectivity index (χ0n) is 14.6. The molecular weight excluding hydrogens is 360 g/mol. The Labute approximate surface area is 155 Å². The van der Waals surface area contributed by atoms with E-state index in [1.54, 1.807) is 0 Å². The van der Waals surface area contributed by atoms with Gasteiger partial charge in [-0.05, 0) is 12.1 Å². The summed E-state index contributed by atoms with van der Waals surface area (Å²) in [6.07, 6.45) is 1.09. The van der Waals surface area contributed by atoms with E-state index in [2.05, 4.69) is 20.3 Å². The molecule has 0 bridgehead atoms. The molecule has 0 aliphatic carbocycles. The number of fused-ring (bicyclic) bond motifs is 1. The third-order valence-corrected chi connectivity index (χ3v) is 4.23. The Balaban J connectivity index is 1.74. The highest BCUT2D eigenvalue weighted by molar-refractivity contribution is 6.30. The Bertz CT molecular complexity index is 892. The van der Waals surface area contributed by atoms with Crippen molar-refractivity contribution in [3.8, 4) is 0 Å². The molecule has 4 rings (SSSR count). The highest BCUT2D eigenvalue weighted by Crippen LogP contribution is 2.35. The number of piperazine rings is 1. The molecule has 0 unspecified atom stereocenters. The van der Waals surface area contributed by atoms with Gasteiger partial charge in [0.05, 0.1) is 5.02 Å². The maximum absolute atomic E-state index is 12.9. The fourth-order valence-electron chi connectivity index (χ4n) is 2.75. The summed E-state index contributed by atoms with van der Waals surface area (Å²) in [7, 11) is 0. The monoisotopic (exact) mass is 375 g/mol. The number of hydrogen-bond donors (Lipinski definition) is 1. The molecule has 10 heteroatoms. The summed E-state index contributed by atoms with van der Waals surface area (Å²) in [5, 5.41) is 3.50. The number of halogens is 1. The SMILES string of the molecule is [2H][C@]1(OC(=O)N2CCNCC2)c2nccnc2C(=O)N1c1ccc(Cl)cn1. The molecule has 0 aromatic carbocycles. The van der Waals surface area contributed by atoms with Crippen molar-refractivity contribution in [2.45, 2.75) is 6.20 Å². The van der Waals surface area contributed by atoms with Crippen LogP contribution in [-0.2, 0) is 4.74 Å². The summed E-state index contributed by atoms with van der Waals surface area (Å²) in [5.74, 6) is -0.525. The fourth-order valence-corrected chi connectivity index (χ4v) is 2.86. The average Bonchev–Trinajstić information content (AvgIpc) is 2.91. The molecule has 0 radical (unpaired) electrons. The van der Waals surface area contributed by atoms with Crippen molar-refractivity contribution in [1.82, 2.24) is 25.2 Å². The molecule has 26 heavy (non-hydrogen) atoms. The van der Waals surface area contributed by atoms with Gasteiger partial charge < -0.3 is 15.0 Å². The Morgan fingerprint density at radius 2 is 2.04 bits per heavy atom. The first-order valence-electron chi connectivity index (χ1n) is 8.47. The lowest BCUT2D eigenvalue weighted by molar-refractivity contribution is 0.0565. The van der Waals surface area contributed by atoms with Gasteiger partial charge in [0, 0.05) is 44.8 Å². The molecule has 134 valence electrons. The number of amides is 2. The van der Waals surface area contributed by atoms with Gasteiger partial charge in [0.25, 0.3) is 5.91 Å². The van der Waals surface area contributed by atoms with Crippen LogP contribution in [0.15, 0.2) is 30.7 Å². The standard InChI is InChI=1S/C16H15ClN6O3/c17-10-1-2-11(21-9-10)23-14(24)12-13(20-4-3-19-12)15(23)26-16(25)22-7-5-18-6-8-22/h1-4,9,15,18H,5-8H2/t15-/m0/s1/i15D. The van der Waals surface area contributed by atoms with E-state index in [0.29, 0.717) is 31.2 Å². The molecule has 4 heterocycles. The highest BCUT2D eigenvalue weighted by Gasteiger charge is 2.44. The van der Waals surface area contributed by atoms with Gasteiger partial charge in [-0.25, -0.2) is 19.7 Å². The number of pyridine rings is 1. The molecule has 1 fully saturated rings. The predicted molar refractivity (Wildman–Crippen MR) is 91.8 cm³/mol. The lowest BCUT2D eigenvalue weighted by Gasteiger charge is -2.30. The number of hydrogen-bond acceptors (Lipinski definition) is 7. The van der Waals surface area contributed by atoms with Gasteiger partial charge in [0.15, 0.2) is 5.69 Å². The van der Waals surface area contributed by atoms with Crippen LogP contribution in [0, 0.1) is 0 Å². The molecule has 2 aliphatic heterocycles. The number of carbonyl (C=O) groups excluding carboxylic acids is 2. The van der Waals surface area contributed by atoms with Crippen LogP contribution in [0.2, 0.25) is 5.02 Å². The first-order chi connectivity index (χ1) is 13.0. The second kappa shape index (κ2) is 6.85. The molecular formula is C16H15ClN6O3. The molecule has 2 aliphatic rings. The summed E-state index contributed by atoms with van der Waals surface area (Å²) in [5.41, 5.74) is -0.118. The van der Waals surface area contributed by atoms with Gasteiger partial charge in [0.2, 0.25) is 6.20 Å². The molecule has 2 aromatic heterocycles. The van der Waals surface area contributed by atoms with E-state index in [1.165, 1.54) is 35.6 Å². The normalized spacial score (nSPS) is 22.8. The quantitative estimate of drug-likeness (QED) is 0.842. The molecule has 1 atom stereocenters. The first kappa shape index (κ1) is 15.5. The van der Waals surface area contributed by atoms with Crippen molar-refractivity contribution in [2.75, 3.05) is 31.1 Å². The molecule has 0 spiro atoms. The van der Waals surface area contributed by atoms with Gasteiger partial charge in [-0.3, -0.25) is 9.78 Å². The Kier molecular flexibility index (Phi) is 4.08. The second-order valence-electron chi connectivity index (χ2n) is 5.64. The van der Waals surface area contributed by atoms with Gasteiger partial charge in [0.1, 0.15) is 12.9 Å². The number of carbonyl (C=O) groups is 2. The van der Waals surface area contributed by atoms with Crippen LogP contribution >= 0.6 is 11.6 Å². The molecule has 0 saturated carbocycles. The summed E-state index contributed by atoms with van der Waals surface area (Å²) >= 11 is 5.87. The van der Waals surface area contributed by atoms with Crippen molar-refractivity contribution >= 4 is 29.4 Å². The summed E-state index contributed by atoms with van der Waals surface area (Å²) < 4.78 is 14.3. The topological polar surface area (TPSA) is 101 Å². The largest absolute Gasteiger partial charge is 0.419 e. The lowest BCUT2D eigenvalue weighted by Crippen LogP contribution is -2.47. The number of nitrogens with one attached hydrogen (secondary N) is 1. The van der Waals surface area contributed by atoms with E-state index >= 15 is 0 Å². The van der Waals surface area contributed by atoms with Crippen molar-refractivity contribution < 1.29 is 15.7 Å². The van der Waals surface area contributed by atoms with E-state index in [-0.39, 0.29) is 17.2 Å². The van der Waals surface area contributed by atoms with Crippen molar-refractivity contribution in [1.29, 1.82) is 0 Å². The van der Waals surface area contributed by atoms with E-state index in [1.807, 2.05) is 0 Å². The zero-order chi connectivity index (χ0) is 19.0. The van der Waals surface area contributed by atoms with E-state index in [0.717, 1.165) is 4.90 Å². The number of ether oxygens (including phenoxy) is 1.